The lowest BCUT2D eigenvalue weighted by molar-refractivity contribution is 0.446. The molecule has 61 heavy (non-hydrogen) atoms. The molecule has 0 bridgehead atoms. The van der Waals surface area contributed by atoms with Crippen LogP contribution in [0.4, 0.5) is 0 Å². The number of para-hydroxylation sites is 1. The van der Waals surface area contributed by atoms with Gasteiger partial charge in [-0.15, -0.1) is 0 Å². The molecular formula is C57H59N3O. The van der Waals surface area contributed by atoms with Crippen molar-refractivity contribution in [2.45, 2.75) is 99.1 Å². The highest BCUT2D eigenvalue weighted by Gasteiger charge is 2.29. The van der Waals surface area contributed by atoms with Gasteiger partial charge in [-0.3, -0.25) is 9.55 Å². The molecule has 0 amide bonds. The van der Waals surface area contributed by atoms with Crippen molar-refractivity contribution in [2.24, 2.45) is 0 Å². The van der Waals surface area contributed by atoms with Crippen LogP contribution in [0.2, 0.25) is 0 Å². The maximum atomic E-state index is 12.4. The normalized spacial score (nSPS) is 15.1. The number of rotatable bonds is 6. The van der Waals surface area contributed by atoms with Crippen LogP contribution in [0.3, 0.4) is 0 Å². The van der Waals surface area contributed by atoms with Gasteiger partial charge in [-0.2, -0.15) is 0 Å². The molecule has 1 N–H and O–H groups in total. The summed E-state index contributed by atoms with van der Waals surface area (Å²) in [6, 6.07) is 39.3. The molecule has 308 valence electrons. The lowest BCUT2D eigenvalue weighted by atomic mass is 9.79. The second-order valence-electron chi connectivity index (χ2n) is 19.2. The quantitative estimate of drug-likeness (QED) is 0.182. The third kappa shape index (κ3) is 8.16. The Morgan fingerprint density at radius 2 is 1.21 bits per heavy atom. The fourth-order valence-electron chi connectivity index (χ4n) is 8.05. The zero-order chi connectivity index (χ0) is 51.1. The smallest absolute Gasteiger partial charge is 0.149 e. The molecule has 4 heteroatoms. The average Bonchev–Trinajstić information content (AvgIpc) is 3.66. The van der Waals surface area contributed by atoms with Crippen LogP contribution in [-0.4, -0.2) is 19.6 Å². The minimum absolute atomic E-state index is 0.0649. The highest BCUT2D eigenvalue weighted by Crippen LogP contribution is 2.45. The van der Waals surface area contributed by atoms with E-state index in [9.17, 15) is 5.11 Å². The van der Waals surface area contributed by atoms with Gasteiger partial charge in [-0.05, 0) is 130 Å². The highest BCUT2D eigenvalue weighted by atomic mass is 16.3. The van der Waals surface area contributed by atoms with E-state index in [1.807, 2.05) is 89.5 Å². The zero-order valence-electron chi connectivity index (χ0n) is 45.5. The summed E-state index contributed by atoms with van der Waals surface area (Å²) in [5, 5.41) is 12.4. The van der Waals surface area contributed by atoms with E-state index in [2.05, 4.69) is 74.4 Å². The average molecular weight is 811 g/mol. The Bertz CT molecular complexity index is 3250. The van der Waals surface area contributed by atoms with Gasteiger partial charge in [0.15, 0.2) is 0 Å². The Hall–Kier alpha value is -6.26. The second-order valence-corrected chi connectivity index (χ2v) is 19.2. The minimum Gasteiger partial charge on any atom is -0.507 e. The number of phenols is 1. The monoisotopic (exact) mass is 811 g/mol. The van der Waals surface area contributed by atoms with Crippen molar-refractivity contribution in [1.82, 2.24) is 14.5 Å². The summed E-state index contributed by atoms with van der Waals surface area (Å²) in [6.07, 6.45) is 1.63. The maximum Gasteiger partial charge on any atom is 0.149 e. The van der Waals surface area contributed by atoms with Crippen molar-refractivity contribution in [1.29, 1.82) is 0 Å². The van der Waals surface area contributed by atoms with E-state index in [0.29, 0.717) is 44.9 Å². The van der Waals surface area contributed by atoms with Gasteiger partial charge in [0.2, 0.25) is 0 Å². The molecule has 0 aliphatic carbocycles. The van der Waals surface area contributed by atoms with Crippen LogP contribution < -0.4 is 0 Å². The fourth-order valence-corrected chi connectivity index (χ4v) is 8.05. The molecule has 0 saturated heterocycles. The summed E-state index contributed by atoms with van der Waals surface area (Å²) in [5.74, 6) is 0.449. The van der Waals surface area contributed by atoms with Gasteiger partial charge in [-0.1, -0.05) is 152 Å². The number of imidazole rings is 1. The molecule has 0 radical (unpaired) electrons. The Kier molecular flexibility index (Phi) is 7.94. The van der Waals surface area contributed by atoms with Crippen LogP contribution in [-0.2, 0) is 16.2 Å². The van der Waals surface area contributed by atoms with Crippen molar-refractivity contribution in [2.75, 3.05) is 0 Å². The largest absolute Gasteiger partial charge is 0.507 e. The summed E-state index contributed by atoms with van der Waals surface area (Å²) < 4.78 is 77.4. The second kappa shape index (κ2) is 15.3. The Labute approximate surface area is 375 Å². The van der Waals surface area contributed by atoms with Crippen molar-refractivity contribution in [3.63, 3.8) is 0 Å². The molecule has 8 rings (SSSR count). The predicted molar refractivity (Wildman–Crippen MR) is 258 cm³/mol. The molecular weight excluding hydrogens is 743 g/mol. The van der Waals surface area contributed by atoms with Gasteiger partial charge >= 0.3 is 0 Å². The van der Waals surface area contributed by atoms with E-state index in [1.165, 1.54) is 18.2 Å². The first kappa shape index (κ1) is 31.6. The molecule has 6 aromatic carbocycles. The van der Waals surface area contributed by atoms with Gasteiger partial charge in [0, 0.05) is 35.2 Å². The number of aryl methyl sites for hydroxylation is 3. The lowest BCUT2D eigenvalue weighted by Gasteiger charge is -2.27. The summed E-state index contributed by atoms with van der Waals surface area (Å²) in [6.45, 7) is 11.1. The molecule has 0 atom stereocenters. The number of aromatic hydroxyl groups is 1. The van der Waals surface area contributed by atoms with E-state index < -0.39 is 26.0 Å². The standard InChI is InChI=1S/C57H59N3O/c1-35-25-36(2)27-40(26-35)39-23-24-58-49(32-39)43-30-41(38-17-14-13-15-18-38)29-42(31-43)46-19-16-20-51-52(46)59-54(60(51)50-22-21-44(28-37(50)3)55(4,5)6)47-33-45(56(7,8)9)34-48(53(47)61)57(10,11)12/h13-34,61H,1-12H3/i1D3,2D3,3D3. The van der Waals surface area contributed by atoms with Crippen molar-refractivity contribution in [3.05, 3.63) is 167 Å². The van der Waals surface area contributed by atoms with Crippen LogP contribution in [0.5, 0.6) is 5.75 Å². The number of phenolic OH excluding ortho intramolecular Hbond substituents is 1. The third-order valence-corrected chi connectivity index (χ3v) is 11.5. The van der Waals surface area contributed by atoms with Gasteiger partial charge in [0.1, 0.15) is 11.6 Å². The first-order valence-corrected chi connectivity index (χ1v) is 20.8. The molecule has 0 spiro atoms. The van der Waals surface area contributed by atoms with Gasteiger partial charge in [0.25, 0.3) is 0 Å². The van der Waals surface area contributed by atoms with E-state index in [0.717, 1.165) is 44.5 Å². The van der Waals surface area contributed by atoms with E-state index in [-0.39, 0.29) is 33.3 Å². The molecule has 4 nitrogen and oxygen atoms in total. The first-order valence-electron chi connectivity index (χ1n) is 25.3. The number of aromatic nitrogens is 3. The first-order chi connectivity index (χ1) is 32.4. The molecule has 0 aliphatic rings. The number of pyridine rings is 1. The van der Waals surface area contributed by atoms with Crippen LogP contribution >= 0.6 is 0 Å². The molecule has 0 aliphatic heterocycles. The van der Waals surface area contributed by atoms with E-state index in [1.54, 1.807) is 18.3 Å². The van der Waals surface area contributed by atoms with Crippen LogP contribution in [0.1, 0.15) is 108 Å². The molecule has 0 saturated carbocycles. The van der Waals surface area contributed by atoms with Gasteiger partial charge in [-0.25, -0.2) is 4.98 Å². The minimum atomic E-state index is -2.54. The summed E-state index contributed by atoms with van der Waals surface area (Å²) in [4.78, 5) is 10.3. The van der Waals surface area contributed by atoms with Crippen LogP contribution in [0, 0.1) is 20.6 Å². The zero-order valence-corrected chi connectivity index (χ0v) is 36.5. The maximum absolute atomic E-state index is 12.4. The third-order valence-electron chi connectivity index (χ3n) is 11.5. The lowest BCUT2D eigenvalue weighted by Crippen LogP contribution is -2.17. The highest BCUT2D eigenvalue weighted by molar-refractivity contribution is 5.98. The van der Waals surface area contributed by atoms with E-state index in [4.69, 9.17) is 22.3 Å². The van der Waals surface area contributed by atoms with Crippen molar-refractivity contribution < 1.29 is 17.4 Å². The summed E-state index contributed by atoms with van der Waals surface area (Å²) >= 11 is 0. The molecule has 2 aromatic heterocycles. The van der Waals surface area contributed by atoms with Crippen molar-refractivity contribution in [3.8, 4) is 67.5 Å². The SMILES string of the molecule is [2H]C([2H])([2H])c1cc(-c2ccnc(-c3cc(-c4ccccc4)cc(-c4cccc5c4nc(-c4cc(C(C)(C)C)cc(C(C)(C)C)c4O)n5-c4ccc(C(C)(C)C)cc4C([2H])([2H])[2H])c3)c2)cc(C([2H])([2H])[2H])c1. The molecule has 2 heterocycles. The number of benzene rings is 6. The van der Waals surface area contributed by atoms with Crippen LogP contribution in [0.25, 0.3) is 72.7 Å². The molecule has 0 unspecified atom stereocenters. The molecule has 8 aromatic rings. The van der Waals surface area contributed by atoms with Gasteiger partial charge < -0.3 is 5.11 Å². The topological polar surface area (TPSA) is 50.9 Å². The van der Waals surface area contributed by atoms with E-state index >= 15 is 0 Å². The number of hydrogen-bond donors (Lipinski definition) is 1. The number of hydrogen-bond acceptors (Lipinski definition) is 3. The van der Waals surface area contributed by atoms with Crippen molar-refractivity contribution >= 4 is 11.0 Å². The summed E-state index contributed by atoms with van der Waals surface area (Å²) in [7, 11) is 0. The van der Waals surface area contributed by atoms with Gasteiger partial charge in [0.05, 0.1) is 28.0 Å². The Morgan fingerprint density at radius 3 is 1.89 bits per heavy atom. The van der Waals surface area contributed by atoms with Crippen LogP contribution in [0.15, 0.2) is 134 Å². The fraction of sp³-hybridized carbons (Fsp3) is 0.263. The predicted octanol–water partition coefficient (Wildman–Crippen LogP) is 15.3. The Morgan fingerprint density at radius 1 is 0.525 bits per heavy atom. The number of nitrogens with zero attached hydrogens (tertiary/aromatic N) is 3. The summed E-state index contributed by atoms with van der Waals surface area (Å²) in [5.41, 5.74) is 9.22. The Balaban J connectivity index is 1.44. The molecule has 0 fully saturated rings. The number of fused-ring (bicyclic) bond motifs is 1.